The van der Waals surface area contributed by atoms with E-state index in [0.717, 1.165) is 18.4 Å². The number of benzene rings is 1. The van der Waals surface area contributed by atoms with Crippen LogP contribution in [0.5, 0.6) is 0 Å². The van der Waals surface area contributed by atoms with Gasteiger partial charge in [-0.25, -0.2) is 0 Å². The molecule has 0 unspecified atom stereocenters. The number of aryl methyl sites for hydroxylation is 1. The van der Waals surface area contributed by atoms with E-state index in [-0.39, 0.29) is 17.7 Å². The number of rotatable bonds is 3. The molecule has 22 heavy (non-hydrogen) atoms. The molecule has 1 heterocycles. The van der Waals surface area contributed by atoms with Crippen LogP contribution in [-0.2, 0) is 9.59 Å². The minimum atomic E-state index is -0.273. The van der Waals surface area contributed by atoms with Crippen LogP contribution in [0.3, 0.4) is 0 Å². The topological polar surface area (TPSA) is 49.4 Å². The van der Waals surface area contributed by atoms with Gasteiger partial charge in [-0.1, -0.05) is 30.5 Å². The molecule has 5 heteroatoms. The van der Waals surface area contributed by atoms with Gasteiger partial charge in [-0.3, -0.25) is 9.59 Å². The number of nitrogens with zero attached hydrogens (tertiary/aromatic N) is 1. The van der Waals surface area contributed by atoms with Crippen molar-refractivity contribution in [2.75, 3.05) is 11.9 Å². The maximum atomic E-state index is 12.4. The van der Waals surface area contributed by atoms with Gasteiger partial charge in [-0.2, -0.15) is 0 Å². The quantitative estimate of drug-likeness (QED) is 0.928. The monoisotopic (exact) mass is 320 g/mol. The van der Waals surface area contributed by atoms with Crippen LogP contribution in [-0.4, -0.2) is 29.3 Å². The minimum Gasteiger partial charge on any atom is -0.339 e. The highest BCUT2D eigenvalue weighted by molar-refractivity contribution is 6.33. The number of carbonyl (C=O) groups excluding carboxylic acids is 2. The van der Waals surface area contributed by atoms with E-state index in [1.54, 1.807) is 6.07 Å². The Morgan fingerprint density at radius 2 is 2.05 bits per heavy atom. The summed E-state index contributed by atoms with van der Waals surface area (Å²) in [5, 5.41) is 3.39. The van der Waals surface area contributed by atoms with Gasteiger partial charge in [-0.05, 0) is 37.5 Å². The predicted octanol–water partition coefficient (Wildman–Crippen LogP) is 3.38. The van der Waals surface area contributed by atoms with Crippen molar-refractivity contribution >= 4 is 29.1 Å². The van der Waals surface area contributed by atoms with E-state index in [4.69, 9.17) is 11.6 Å². The number of amides is 2. The molecule has 1 N–H and O–H groups in total. The van der Waals surface area contributed by atoms with Crippen LogP contribution >= 0.6 is 11.6 Å². The summed E-state index contributed by atoms with van der Waals surface area (Å²) in [7, 11) is 0. The van der Waals surface area contributed by atoms with Gasteiger partial charge in [0.2, 0.25) is 11.8 Å². The molecule has 0 bridgehead atoms. The number of likely N-dealkylation sites (tertiary alicyclic amines) is 1. The first kappa shape index (κ1) is 15.3. The van der Waals surface area contributed by atoms with E-state index in [9.17, 15) is 9.59 Å². The molecule has 4 nitrogen and oxygen atoms in total. The molecule has 118 valence electrons. The van der Waals surface area contributed by atoms with Crippen LogP contribution < -0.4 is 5.32 Å². The Morgan fingerprint density at radius 3 is 2.73 bits per heavy atom. The maximum absolute atomic E-state index is 12.4. The molecule has 1 saturated heterocycles. The summed E-state index contributed by atoms with van der Waals surface area (Å²) in [4.78, 5) is 26.5. The number of anilines is 1. The summed E-state index contributed by atoms with van der Waals surface area (Å²) in [6, 6.07) is 5.88. The van der Waals surface area contributed by atoms with E-state index in [1.165, 1.54) is 12.8 Å². The number of halogens is 1. The summed E-state index contributed by atoms with van der Waals surface area (Å²) < 4.78 is 0. The van der Waals surface area contributed by atoms with Crippen LogP contribution in [0.15, 0.2) is 18.2 Å². The van der Waals surface area contributed by atoms with Crippen molar-refractivity contribution in [1.82, 2.24) is 4.90 Å². The zero-order valence-electron chi connectivity index (χ0n) is 12.8. The summed E-state index contributed by atoms with van der Waals surface area (Å²) in [6.07, 6.45) is 4.83. The van der Waals surface area contributed by atoms with Gasteiger partial charge >= 0.3 is 0 Å². The summed E-state index contributed by atoms with van der Waals surface area (Å²) in [5.41, 5.74) is 1.66. The summed E-state index contributed by atoms with van der Waals surface area (Å²) in [6.45, 7) is 2.49. The first-order chi connectivity index (χ1) is 10.5. The Labute approximate surface area is 135 Å². The van der Waals surface area contributed by atoms with Crippen molar-refractivity contribution in [3.63, 3.8) is 0 Å². The lowest BCUT2D eigenvalue weighted by molar-refractivity contribution is -0.129. The molecule has 2 aliphatic rings. The first-order valence-electron chi connectivity index (χ1n) is 7.91. The maximum Gasteiger partial charge on any atom is 0.229 e. The largest absolute Gasteiger partial charge is 0.339 e. The zero-order chi connectivity index (χ0) is 15.7. The number of carbonyl (C=O) groups is 2. The fraction of sp³-hybridized carbons (Fsp3) is 0.529. The Kier molecular flexibility index (Phi) is 4.39. The zero-order valence-corrected chi connectivity index (χ0v) is 13.5. The molecule has 0 radical (unpaired) electrons. The second kappa shape index (κ2) is 6.29. The molecule has 2 fully saturated rings. The van der Waals surface area contributed by atoms with Crippen LogP contribution in [0.4, 0.5) is 5.69 Å². The molecule has 1 saturated carbocycles. The highest BCUT2D eigenvalue weighted by Gasteiger charge is 2.38. The molecule has 1 aliphatic carbocycles. The Hall–Kier alpha value is -1.55. The lowest BCUT2D eigenvalue weighted by atomic mass is 10.1. The van der Waals surface area contributed by atoms with Crippen LogP contribution in [0, 0.1) is 12.8 Å². The Morgan fingerprint density at radius 1 is 1.32 bits per heavy atom. The second-order valence-electron chi connectivity index (χ2n) is 6.36. The number of hydrogen-bond acceptors (Lipinski definition) is 2. The molecule has 1 aromatic rings. The number of hydrogen-bond donors (Lipinski definition) is 1. The summed E-state index contributed by atoms with van der Waals surface area (Å²) >= 11 is 6.15. The molecule has 0 spiro atoms. The first-order valence-corrected chi connectivity index (χ1v) is 8.29. The van der Waals surface area contributed by atoms with E-state index in [1.807, 2.05) is 24.0 Å². The second-order valence-corrected chi connectivity index (χ2v) is 6.77. The molecular formula is C17H21ClN2O2. The van der Waals surface area contributed by atoms with Gasteiger partial charge in [0.05, 0.1) is 16.6 Å². The average Bonchev–Trinajstić information content (AvgIpc) is 3.10. The standard InChI is InChI=1S/C17H21ClN2O2/c1-11-6-7-15(14(18)8-11)19-17(22)12-9-16(21)20(10-12)13-4-2-3-5-13/h6-8,12-13H,2-5,9-10H2,1H3,(H,19,22)/t12-/m0/s1. The highest BCUT2D eigenvalue weighted by Crippen LogP contribution is 2.30. The number of nitrogens with one attached hydrogen (secondary N) is 1. The third-order valence-corrected chi connectivity index (χ3v) is 4.99. The molecule has 1 aromatic carbocycles. The Bertz CT molecular complexity index is 596. The predicted molar refractivity (Wildman–Crippen MR) is 86.9 cm³/mol. The molecule has 2 amide bonds. The molecule has 1 aliphatic heterocycles. The van der Waals surface area contributed by atoms with E-state index >= 15 is 0 Å². The molecular weight excluding hydrogens is 300 g/mol. The van der Waals surface area contributed by atoms with Crippen LogP contribution in [0.25, 0.3) is 0 Å². The van der Waals surface area contributed by atoms with Crippen molar-refractivity contribution in [3.05, 3.63) is 28.8 Å². The van der Waals surface area contributed by atoms with E-state index in [2.05, 4.69) is 5.32 Å². The van der Waals surface area contributed by atoms with Crippen molar-refractivity contribution in [1.29, 1.82) is 0 Å². The minimum absolute atomic E-state index is 0.111. The van der Waals surface area contributed by atoms with Gasteiger partial charge in [0, 0.05) is 19.0 Å². The van der Waals surface area contributed by atoms with Gasteiger partial charge in [-0.15, -0.1) is 0 Å². The Balaban J connectivity index is 1.64. The third-order valence-electron chi connectivity index (χ3n) is 4.68. The average molecular weight is 321 g/mol. The van der Waals surface area contributed by atoms with Gasteiger partial charge in [0.1, 0.15) is 0 Å². The summed E-state index contributed by atoms with van der Waals surface area (Å²) in [5.74, 6) is -0.271. The molecule has 1 atom stereocenters. The fourth-order valence-electron chi connectivity index (χ4n) is 3.43. The normalized spacial score (nSPS) is 22.4. The van der Waals surface area contributed by atoms with Gasteiger partial charge in [0.25, 0.3) is 0 Å². The molecule has 3 rings (SSSR count). The SMILES string of the molecule is Cc1ccc(NC(=O)[C@H]2CC(=O)N(C3CCCC3)C2)c(Cl)c1. The smallest absolute Gasteiger partial charge is 0.229 e. The highest BCUT2D eigenvalue weighted by atomic mass is 35.5. The van der Waals surface area contributed by atoms with Crippen molar-refractivity contribution in [3.8, 4) is 0 Å². The van der Waals surface area contributed by atoms with Crippen molar-refractivity contribution in [2.45, 2.75) is 45.1 Å². The van der Waals surface area contributed by atoms with Gasteiger partial charge in [0.15, 0.2) is 0 Å². The van der Waals surface area contributed by atoms with Crippen LogP contribution in [0.1, 0.15) is 37.7 Å². The van der Waals surface area contributed by atoms with Crippen LogP contribution in [0.2, 0.25) is 5.02 Å². The lowest BCUT2D eigenvalue weighted by Crippen LogP contribution is -2.35. The van der Waals surface area contributed by atoms with Crippen molar-refractivity contribution < 1.29 is 9.59 Å². The fourth-order valence-corrected chi connectivity index (χ4v) is 3.71. The third kappa shape index (κ3) is 3.12. The lowest BCUT2D eigenvalue weighted by Gasteiger charge is -2.23. The van der Waals surface area contributed by atoms with Crippen molar-refractivity contribution in [2.24, 2.45) is 5.92 Å². The van der Waals surface area contributed by atoms with E-state index < -0.39 is 0 Å². The van der Waals surface area contributed by atoms with Gasteiger partial charge < -0.3 is 10.2 Å². The molecule has 0 aromatic heterocycles. The van der Waals surface area contributed by atoms with E-state index in [0.29, 0.717) is 29.7 Å².